The lowest BCUT2D eigenvalue weighted by Crippen LogP contribution is -2.29. The van der Waals surface area contributed by atoms with E-state index in [9.17, 15) is 19.0 Å². The summed E-state index contributed by atoms with van der Waals surface area (Å²) in [5, 5.41) is 2.83. The van der Waals surface area contributed by atoms with Gasteiger partial charge in [0.1, 0.15) is 6.61 Å². The molecule has 0 amide bonds. The highest BCUT2D eigenvalue weighted by Crippen LogP contribution is 2.43. The minimum Gasteiger partial charge on any atom is -0.462 e. The standard InChI is InChI=1S/C48H92NO8P/c1-4-6-8-10-12-14-16-18-20-22-23-25-26-28-30-32-34-36-38-40-47(50)54-44-46(45-56-58(52,53)55-43-42-49-3)57-48(51)41-39-37-35-33-31-29-27-24-21-19-17-15-13-11-9-7-5-2/h18-21,46,49H,4-17,22-45H2,1-3H3,(H,52,53)/b20-18-,21-19-. The molecule has 2 atom stereocenters. The van der Waals surface area contributed by atoms with Crippen molar-refractivity contribution in [2.75, 3.05) is 33.4 Å². The van der Waals surface area contributed by atoms with Crippen molar-refractivity contribution in [3.8, 4) is 0 Å². The van der Waals surface area contributed by atoms with E-state index in [2.05, 4.69) is 43.5 Å². The van der Waals surface area contributed by atoms with Crippen LogP contribution < -0.4 is 5.32 Å². The Morgan fingerprint density at radius 1 is 0.517 bits per heavy atom. The molecule has 0 saturated heterocycles. The lowest BCUT2D eigenvalue weighted by molar-refractivity contribution is -0.161. The molecule has 0 rings (SSSR count). The van der Waals surface area contributed by atoms with Crippen molar-refractivity contribution in [3.63, 3.8) is 0 Å². The Kier molecular flexibility index (Phi) is 43.9. The molecular weight excluding hydrogens is 750 g/mol. The first-order chi connectivity index (χ1) is 28.3. The monoisotopic (exact) mass is 842 g/mol. The smallest absolute Gasteiger partial charge is 0.462 e. The predicted molar refractivity (Wildman–Crippen MR) is 243 cm³/mol. The fourth-order valence-corrected chi connectivity index (χ4v) is 7.59. The van der Waals surface area contributed by atoms with Crippen LogP contribution in [0.25, 0.3) is 0 Å². The normalized spacial score (nSPS) is 13.4. The molecule has 0 aromatic rings. The van der Waals surface area contributed by atoms with E-state index in [1.165, 1.54) is 154 Å². The Labute approximate surface area is 357 Å². The first-order valence-electron chi connectivity index (χ1n) is 24.3. The second-order valence-electron chi connectivity index (χ2n) is 16.3. The number of ether oxygens (including phenoxy) is 2. The number of esters is 2. The lowest BCUT2D eigenvalue weighted by atomic mass is 10.1. The maximum Gasteiger partial charge on any atom is 0.472 e. The third kappa shape index (κ3) is 44.1. The number of rotatable bonds is 46. The average Bonchev–Trinajstić information content (AvgIpc) is 3.21. The summed E-state index contributed by atoms with van der Waals surface area (Å²) in [6, 6.07) is 0. The second kappa shape index (κ2) is 45.0. The second-order valence-corrected chi connectivity index (χ2v) is 17.7. The number of phosphoric acid groups is 1. The van der Waals surface area contributed by atoms with E-state index in [0.29, 0.717) is 13.0 Å². The summed E-state index contributed by atoms with van der Waals surface area (Å²) in [7, 11) is -2.65. The van der Waals surface area contributed by atoms with Crippen molar-refractivity contribution >= 4 is 19.8 Å². The third-order valence-electron chi connectivity index (χ3n) is 10.5. The van der Waals surface area contributed by atoms with Gasteiger partial charge in [0.25, 0.3) is 0 Å². The van der Waals surface area contributed by atoms with Gasteiger partial charge in [0.15, 0.2) is 6.10 Å². The number of phosphoric ester groups is 1. The van der Waals surface area contributed by atoms with Gasteiger partial charge in [-0.05, 0) is 71.3 Å². The summed E-state index contributed by atoms with van der Waals surface area (Å²) < 4.78 is 33.3. The van der Waals surface area contributed by atoms with Gasteiger partial charge >= 0.3 is 19.8 Å². The van der Waals surface area contributed by atoms with Crippen LogP contribution in [0.5, 0.6) is 0 Å². The van der Waals surface area contributed by atoms with E-state index < -0.39 is 26.5 Å². The van der Waals surface area contributed by atoms with Crippen LogP contribution in [0.3, 0.4) is 0 Å². The highest BCUT2D eigenvalue weighted by molar-refractivity contribution is 7.47. The number of allylic oxidation sites excluding steroid dienone is 4. The Morgan fingerprint density at radius 2 is 0.879 bits per heavy atom. The number of carbonyl (C=O) groups excluding carboxylic acids is 2. The first-order valence-corrected chi connectivity index (χ1v) is 25.8. The van der Waals surface area contributed by atoms with Crippen molar-refractivity contribution < 1.29 is 37.6 Å². The topological polar surface area (TPSA) is 120 Å². The van der Waals surface area contributed by atoms with E-state index in [4.69, 9.17) is 18.5 Å². The number of carbonyl (C=O) groups is 2. The summed E-state index contributed by atoms with van der Waals surface area (Å²) in [6.45, 7) is 4.24. The SMILES string of the molecule is CCCCCCCC/C=C\CCCCCCCCCCCC(=O)OCC(COP(=O)(O)OCCNC)OC(=O)CCCCCCCCC/C=C\CCCCCCCC. The van der Waals surface area contributed by atoms with Crippen LogP contribution in [0.4, 0.5) is 0 Å². The van der Waals surface area contributed by atoms with Crippen LogP contribution in [0.1, 0.15) is 232 Å². The number of hydrogen-bond donors (Lipinski definition) is 2. The number of likely N-dealkylation sites (N-methyl/N-ethyl adjacent to an activating group) is 1. The Bertz CT molecular complexity index is 1010. The highest BCUT2D eigenvalue weighted by Gasteiger charge is 2.26. The zero-order valence-electron chi connectivity index (χ0n) is 38.0. The van der Waals surface area contributed by atoms with Gasteiger partial charge in [0.2, 0.25) is 0 Å². The molecule has 0 saturated carbocycles. The van der Waals surface area contributed by atoms with Gasteiger partial charge in [0, 0.05) is 19.4 Å². The van der Waals surface area contributed by atoms with E-state index in [1.54, 1.807) is 7.05 Å². The van der Waals surface area contributed by atoms with Gasteiger partial charge in [-0.1, -0.05) is 179 Å². The fraction of sp³-hybridized carbons (Fsp3) is 0.875. The third-order valence-corrected chi connectivity index (χ3v) is 11.5. The summed E-state index contributed by atoms with van der Waals surface area (Å²) in [6.07, 6.45) is 47.9. The van der Waals surface area contributed by atoms with Crippen molar-refractivity contribution in [1.29, 1.82) is 0 Å². The van der Waals surface area contributed by atoms with Crippen molar-refractivity contribution in [1.82, 2.24) is 5.32 Å². The molecule has 2 unspecified atom stereocenters. The number of hydrogen-bond acceptors (Lipinski definition) is 8. The summed E-state index contributed by atoms with van der Waals surface area (Å²) in [5.41, 5.74) is 0. The molecule has 10 heteroatoms. The molecule has 0 radical (unpaired) electrons. The van der Waals surface area contributed by atoms with E-state index >= 15 is 0 Å². The van der Waals surface area contributed by atoms with Gasteiger partial charge in [0.05, 0.1) is 13.2 Å². The molecule has 0 spiro atoms. The molecule has 0 aliphatic rings. The summed E-state index contributed by atoms with van der Waals surface area (Å²) in [4.78, 5) is 35.2. The first kappa shape index (κ1) is 56.5. The molecule has 2 N–H and O–H groups in total. The van der Waals surface area contributed by atoms with Crippen LogP contribution in [-0.4, -0.2) is 56.3 Å². The number of unbranched alkanes of at least 4 members (excludes halogenated alkanes) is 28. The summed E-state index contributed by atoms with van der Waals surface area (Å²) >= 11 is 0. The van der Waals surface area contributed by atoms with Gasteiger partial charge in [-0.3, -0.25) is 18.6 Å². The van der Waals surface area contributed by atoms with Crippen LogP contribution in [0, 0.1) is 0 Å². The maximum absolute atomic E-state index is 12.7. The molecule has 0 bridgehead atoms. The van der Waals surface area contributed by atoms with Gasteiger partial charge in [-0.2, -0.15) is 0 Å². The highest BCUT2D eigenvalue weighted by atomic mass is 31.2. The minimum absolute atomic E-state index is 0.0165. The lowest BCUT2D eigenvalue weighted by Gasteiger charge is -2.20. The predicted octanol–water partition coefficient (Wildman–Crippen LogP) is 14.2. The molecule has 0 aromatic carbocycles. The van der Waals surface area contributed by atoms with Gasteiger partial charge in [-0.15, -0.1) is 0 Å². The van der Waals surface area contributed by atoms with E-state index in [-0.39, 0.29) is 32.0 Å². The van der Waals surface area contributed by atoms with E-state index in [0.717, 1.165) is 44.9 Å². The van der Waals surface area contributed by atoms with Crippen LogP contribution >= 0.6 is 7.82 Å². The Balaban J connectivity index is 4.14. The minimum atomic E-state index is -4.35. The van der Waals surface area contributed by atoms with Crippen LogP contribution in [-0.2, 0) is 32.7 Å². The Morgan fingerprint density at radius 3 is 1.28 bits per heavy atom. The van der Waals surface area contributed by atoms with Gasteiger partial charge in [-0.25, -0.2) is 4.57 Å². The molecule has 0 fully saturated rings. The largest absolute Gasteiger partial charge is 0.472 e. The zero-order valence-corrected chi connectivity index (χ0v) is 38.9. The zero-order chi connectivity index (χ0) is 42.5. The van der Waals surface area contributed by atoms with Crippen molar-refractivity contribution in [3.05, 3.63) is 24.3 Å². The molecule has 342 valence electrons. The Hall–Kier alpha value is -1.51. The molecule has 0 aromatic heterocycles. The molecular formula is C48H92NO8P. The molecule has 0 aliphatic heterocycles. The molecule has 0 heterocycles. The number of nitrogens with one attached hydrogen (secondary N) is 1. The van der Waals surface area contributed by atoms with Gasteiger partial charge < -0.3 is 19.7 Å². The molecule has 9 nitrogen and oxygen atoms in total. The van der Waals surface area contributed by atoms with Crippen LogP contribution in [0.2, 0.25) is 0 Å². The average molecular weight is 842 g/mol. The van der Waals surface area contributed by atoms with Crippen molar-refractivity contribution in [2.24, 2.45) is 0 Å². The molecule has 58 heavy (non-hydrogen) atoms. The van der Waals surface area contributed by atoms with Crippen LogP contribution in [0.15, 0.2) is 24.3 Å². The quantitative estimate of drug-likeness (QED) is 0.0267. The fourth-order valence-electron chi connectivity index (χ4n) is 6.84. The maximum atomic E-state index is 12.7. The van der Waals surface area contributed by atoms with Crippen molar-refractivity contribution in [2.45, 2.75) is 238 Å². The molecule has 0 aliphatic carbocycles. The summed E-state index contributed by atoms with van der Waals surface area (Å²) in [5.74, 6) is -0.805. The van der Waals surface area contributed by atoms with E-state index in [1.807, 2.05) is 0 Å².